The van der Waals surface area contributed by atoms with Gasteiger partial charge in [-0.15, -0.1) is 0 Å². The van der Waals surface area contributed by atoms with Gasteiger partial charge in [0.2, 0.25) is 11.3 Å². The van der Waals surface area contributed by atoms with Crippen LogP contribution in [0.4, 0.5) is 11.6 Å². The topological polar surface area (TPSA) is 71.3 Å². The van der Waals surface area contributed by atoms with Crippen molar-refractivity contribution in [2.45, 2.75) is 0 Å². The summed E-state index contributed by atoms with van der Waals surface area (Å²) in [6, 6.07) is 16.1. The van der Waals surface area contributed by atoms with E-state index >= 15 is 0 Å². The van der Waals surface area contributed by atoms with Crippen LogP contribution in [-0.4, -0.2) is 6.29 Å². The summed E-state index contributed by atoms with van der Waals surface area (Å²) in [6.45, 7) is 0. The summed E-state index contributed by atoms with van der Waals surface area (Å²) >= 11 is 0. The normalized spacial score (nSPS) is 10.3. The smallest absolute Gasteiger partial charge is 0.226 e. The van der Waals surface area contributed by atoms with E-state index in [1.165, 1.54) is 0 Å². The summed E-state index contributed by atoms with van der Waals surface area (Å²) in [4.78, 5) is 23.4. The molecule has 0 radical (unpaired) electrons. The average Bonchev–Trinajstić information content (AvgIpc) is 2.54. The molecule has 5 nitrogen and oxygen atoms in total. The summed E-state index contributed by atoms with van der Waals surface area (Å²) in [5, 5.41) is 0.380. The van der Waals surface area contributed by atoms with Crippen molar-refractivity contribution >= 4 is 28.8 Å². The standard InChI is InChI=1S/C16H12N2O3/c19-10-13-15(20)12-8-4-5-9-14(12)21-16(13)18-17-11-6-2-1-3-7-11/h1-10,17-18H. The van der Waals surface area contributed by atoms with E-state index in [4.69, 9.17) is 4.42 Å². The van der Waals surface area contributed by atoms with Crippen LogP contribution in [0, 0.1) is 0 Å². The van der Waals surface area contributed by atoms with Crippen molar-refractivity contribution in [2.24, 2.45) is 0 Å². The minimum Gasteiger partial charge on any atom is -0.438 e. The molecule has 0 saturated heterocycles. The van der Waals surface area contributed by atoms with Crippen LogP contribution in [0.2, 0.25) is 0 Å². The van der Waals surface area contributed by atoms with Gasteiger partial charge in [0.1, 0.15) is 11.1 Å². The van der Waals surface area contributed by atoms with E-state index in [0.717, 1.165) is 5.69 Å². The number of hydrogen-bond acceptors (Lipinski definition) is 5. The number of anilines is 2. The molecule has 0 aliphatic rings. The number of hydrogen-bond donors (Lipinski definition) is 2. The molecule has 0 saturated carbocycles. The Hall–Kier alpha value is -3.08. The summed E-state index contributed by atoms with van der Waals surface area (Å²) < 4.78 is 5.58. The number of nitrogens with one attached hydrogen (secondary N) is 2. The second-order valence-electron chi connectivity index (χ2n) is 4.40. The first-order valence-corrected chi connectivity index (χ1v) is 6.37. The third-order valence-electron chi connectivity index (χ3n) is 3.04. The monoisotopic (exact) mass is 280 g/mol. The van der Waals surface area contributed by atoms with Gasteiger partial charge in [-0.1, -0.05) is 30.3 Å². The molecule has 1 heterocycles. The van der Waals surface area contributed by atoms with E-state index in [1.54, 1.807) is 24.3 Å². The number of fused-ring (bicyclic) bond motifs is 1. The third kappa shape index (κ3) is 2.49. The molecular formula is C16H12N2O3. The fraction of sp³-hybridized carbons (Fsp3) is 0. The number of para-hydroxylation sites is 2. The highest BCUT2D eigenvalue weighted by atomic mass is 16.4. The van der Waals surface area contributed by atoms with Gasteiger partial charge in [-0.05, 0) is 24.3 Å². The van der Waals surface area contributed by atoms with Gasteiger partial charge in [0.05, 0.1) is 11.1 Å². The van der Waals surface area contributed by atoms with Crippen LogP contribution in [0.25, 0.3) is 11.0 Å². The van der Waals surface area contributed by atoms with Gasteiger partial charge < -0.3 is 4.42 Å². The lowest BCUT2D eigenvalue weighted by molar-refractivity contribution is 0.112. The van der Waals surface area contributed by atoms with Gasteiger partial charge in [-0.25, -0.2) is 0 Å². The molecule has 3 aromatic rings. The van der Waals surface area contributed by atoms with Gasteiger partial charge in [-0.3, -0.25) is 20.4 Å². The van der Waals surface area contributed by atoms with Gasteiger partial charge in [0, 0.05) is 0 Å². The maximum Gasteiger partial charge on any atom is 0.226 e. The Kier molecular flexibility index (Phi) is 3.39. The van der Waals surface area contributed by atoms with Crippen molar-refractivity contribution in [1.29, 1.82) is 0 Å². The molecule has 0 aliphatic carbocycles. The molecule has 5 heteroatoms. The molecule has 0 spiro atoms. The molecule has 0 unspecified atom stereocenters. The third-order valence-corrected chi connectivity index (χ3v) is 3.04. The predicted molar refractivity (Wildman–Crippen MR) is 81.6 cm³/mol. The highest BCUT2D eigenvalue weighted by Crippen LogP contribution is 2.19. The minimum absolute atomic E-state index is 0.0443. The number of hydrazine groups is 1. The van der Waals surface area contributed by atoms with Gasteiger partial charge in [0.25, 0.3) is 0 Å². The van der Waals surface area contributed by atoms with Crippen molar-refractivity contribution in [3.05, 3.63) is 70.4 Å². The molecule has 2 N–H and O–H groups in total. The lowest BCUT2D eigenvalue weighted by Gasteiger charge is -2.10. The Morgan fingerprint density at radius 2 is 1.62 bits per heavy atom. The largest absolute Gasteiger partial charge is 0.438 e. The van der Waals surface area contributed by atoms with Crippen LogP contribution < -0.4 is 16.3 Å². The van der Waals surface area contributed by atoms with E-state index in [-0.39, 0.29) is 16.9 Å². The number of rotatable bonds is 4. The molecule has 0 aliphatic heterocycles. The molecule has 1 aromatic heterocycles. The summed E-state index contributed by atoms with van der Waals surface area (Å²) in [5.74, 6) is 0.0950. The predicted octanol–water partition coefficient (Wildman–Crippen LogP) is 3.04. The second kappa shape index (κ2) is 5.50. The highest BCUT2D eigenvalue weighted by Gasteiger charge is 2.13. The zero-order chi connectivity index (χ0) is 14.7. The van der Waals surface area contributed by atoms with Crippen molar-refractivity contribution in [3.8, 4) is 0 Å². The van der Waals surface area contributed by atoms with E-state index in [1.807, 2.05) is 30.3 Å². The molecule has 0 atom stereocenters. The van der Waals surface area contributed by atoms with Crippen LogP contribution >= 0.6 is 0 Å². The zero-order valence-electron chi connectivity index (χ0n) is 11.0. The lowest BCUT2D eigenvalue weighted by Crippen LogP contribution is -2.16. The first kappa shape index (κ1) is 12.9. The van der Waals surface area contributed by atoms with Crippen molar-refractivity contribution in [3.63, 3.8) is 0 Å². The number of carbonyl (C=O) groups excluding carboxylic acids is 1. The van der Waals surface area contributed by atoms with Gasteiger partial charge in [0.15, 0.2) is 6.29 Å². The molecular weight excluding hydrogens is 268 g/mol. The molecule has 104 valence electrons. The van der Waals surface area contributed by atoms with Gasteiger partial charge in [-0.2, -0.15) is 0 Å². The Bertz CT molecular complexity index is 841. The number of benzene rings is 2. The quantitative estimate of drug-likeness (QED) is 0.567. The van der Waals surface area contributed by atoms with E-state index in [0.29, 0.717) is 17.3 Å². The molecule has 0 bridgehead atoms. The number of carbonyl (C=O) groups is 1. The Morgan fingerprint density at radius 3 is 2.38 bits per heavy atom. The van der Waals surface area contributed by atoms with Gasteiger partial charge >= 0.3 is 0 Å². The second-order valence-corrected chi connectivity index (χ2v) is 4.40. The first-order chi connectivity index (χ1) is 10.3. The summed E-state index contributed by atoms with van der Waals surface area (Å²) in [5.41, 5.74) is 6.45. The molecule has 2 aromatic carbocycles. The van der Waals surface area contributed by atoms with E-state index in [2.05, 4.69) is 10.9 Å². The van der Waals surface area contributed by atoms with Crippen LogP contribution in [0.3, 0.4) is 0 Å². The van der Waals surface area contributed by atoms with Crippen molar-refractivity contribution in [1.82, 2.24) is 0 Å². The first-order valence-electron chi connectivity index (χ1n) is 6.37. The van der Waals surface area contributed by atoms with Crippen molar-refractivity contribution in [2.75, 3.05) is 10.9 Å². The minimum atomic E-state index is -0.357. The molecule has 21 heavy (non-hydrogen) atoms. The van der Waals surface area contributed by atoms with Crippen LogP contribution in [0.5, 0.6) is 0 Å². The molecule has 0 fully saturated rings. The van der Waals surface area contributed by atoms with Crippen molar-refractivity contribution < 1.29 is 9.21 Å². The Balaban J connectivity index is 2.01. The zero-order valence-corrected chi connectivity index (χ0v) is 11.0. The SMILES string of the molecule is O=Cc1c(NNc2ccccc2)oc2ccccc2c1=O. The summed E-state index contributed by atoms with van der Waals surface area (Å²) in [6.07, 6.45) is 0.493. The molecule has 3 rings (SSSR count). The maximum absolute atomic E-state index is 12.2. The lowest BCUT2D eigenvalue weighted by atomic mass is 10.2. The Morgan fingerprint density at radius 1 is 0.905 bits per heavy atom. The van der Waals surface area contributed by atoms with Crippen LogP contribution in [0.15, 0.2) is 63.8 Å². The summed E-state index contributed by atoms with van der Waals surface area (Å²) in [7, 11) is 0. The van der Waals surface area contributed by atoms with Crippen LogP contribution in [0.1, 0.15) is 10.4 Å². The van der Waals surface area contributed by atoms with Crippen LogP contribution in [-0.2, 0) is 0 Å². The number of aldehydes is 1. The van der Waals surface area contributed by atoms with E-state index < -0.39 is 0 Å². The fourth-order valence-corrected chi connectivity index (χ4v) is 2.01. The average molecular weight is 280 g/mol. The fourth-order valence-electron chi connectivity index (χ4n) is 2.01. The molecule has 0 amide bonds. The van der Waals surface area contributed by atoms with E-state index in [9.17, 15) is 9.59 Å². The highest BCUT2D eigenvalue weighted by molar-refractivity contribution is 5.89. The Labute approximate surface area is 120 Å². The maximum atomic E-state index is 12.2.